The van der Waals surface area contributed by atoms with Crippen molar-refractivity contribution in [1.82, 2.24) is 0 Å². The Kier molecular flexibility index (Phi) is 5.91. The Morgan fingerprint density at radius 2 is 1.76 bits per heavy atom. The summed E-state index contributed by atoms with van der Waals surface area (Å²) in [5, 5.41) is 0. The molecule has 0 heterocycles. The van der Waals surface area contributed by atoms with Crippen LogP contribution >= 0.6 is 27.7 Å². The van der Waals surface area contributed by atoms with Gasteiger partial charge in [-0.3, -0.25) is 0 Å². The van der Waals surface area contributed by atoms with Crippen LogP contribution in [0.3, 0.4) is 0 Å². The van der Waals surface area contributed by atoms with Crippen LogP contribution in [0.5, 0.6) is 0 Å². The SMILES string of the molecule is Cc1cc(C)cc(CSc2ccc(CC(C)N)c(Br)c2)c1. The third-order valence-corrected chi connectivity index (χ3v) is 5.06. The summed E-state index contributed by atoms with van der Waals surface area (Å²) in [6.45, 7) is 6.34. The quantitative estimate of drug-likeness (QED) is 0.734. The van der Waals surface area contributed by atoms with Gasteiger partial charge in [0.1, 0.15) is 0 Å². The first-order valence-electron chi connectivity index (χ1n) is 7.18. The number of halogens is 1. The molecular formula is C18H22BrNS. The van der Waals surface area contributed by atoms with Gasteiger partial charge in [0.05, 0.1) is 0 Å². The molecule has 1 atom stereocenters. The highest BCUT2D eigenvalue weighted by Gasteiger charge is 2.05. The second-order valence-corrected chi connectivity index (χ2v) is 7.62. The lowest BCUT2D eigenvalue weighted by molar-refractivity contribution is 0.735. The van der Waals surface area contributed by atoms with Gasteiger partial charge in [-0.25, -0.2) is 0 Å². The Morgan fingerprint density at radius 3 is 2.33 bits per heavy atom. The fraction of sp³-hybridized carbons (Fsp3) is 0.333. The van der Waals surface area contributed by atoms with E-state index in [1.54, 1.807) is 0 Å². The Hall–Kier alpha value is -0.770. The Labute approximate surface area is 140 Å². The van der Waals surface area contributed by atoms with E-state index in [-0.39, 0.29) is 6.04 Å². The lowest BCUT2D eigenvalue weighted by Crippen LogP contribution is -2.17. The highest BCUT2D eigenvalue weighted by Crippen LogP contribution is 2.28. The highest BCUT2D eigenvalue weighted by atomic mass is 79.9. The molecular weight excluding hydrogens is 342 g/mol. The molecule has 0 aliphatic carbocycles. The molecule has 0 saturated heterocycles. The Morgan fingerprint density at radius 1 is 1.10 bits per heavy atom. The van der Waals surface area contributed by atoms with Gasteiger partial charge in [0.15, 0.2) is 0 Å². The van der Waals surface area contributed by atoms with Crippen LogP contribution in [0, 0.1) is 13.8 Å². The molecule has 0 spiro atoms. The Balaban J connectivity index is 2.05. The number of hydrogen-bond acceptors (Lipinski definition) is 2. The number of benzene rings is 2. The molecule has 1 unspecified atom stereocenters. The lowest BCUT2D eigenvalue weighted by atomic mass is 10.1. The maximum Gasteiger partial charge on any atom is 0.0232 e. The molecule has 3 heteroatoms. The van der Waals surface area contributed by atoms with Gasteiger partial charge in [-0.1, -0.05) is 51.3 Å². The first-order chi connectivity index (χ1) is 9.94. The van der Waals surface area contributed by atoms with E-state index in [1.165, 1.54) is 27.1 Å². The monoisotopic (exact) mass is 363 g/mol. The summed E-state index contributed by atoms with van der Waals surface area (Å²) in [5.41, 5.74) is 11.2. The van der Waals surface area contributed by atoms with Crippen molar-refractivity contribution < 1.29 is 0 Å². The number of hydrogen-bond donors (Lipinski definition) is 1. The summed E-state index contributed by atoms with van der Waals surface area (Å²) in [6, 6.07) is 13.5. The van der Waals surface area contributed by atoms with Gasteiger partial charge in [-0.2, -0.15) is 0 Å². The molecule has 21 heavy (non-hydrogen) atoms. The average Bonchev–Trinajstić information content (AvgIpc) is 2.38. The molecule has 2 aromatic rings. The summed E-state index contributed by atoms with van der Waals surface area (Å²) in [5.74, 6) is 1.00. The molecule has 0 amide bonds. The summed E-state index contributed by atoms with van der Waals surface area (Å²) in [6.07, 6.45) is 0.905. The van der Waals surface area contributed by atoms with Crippen molar-refractivity contribution in [1.29, 1.82) is 0 Å². The lowest BCUT2D eigenvalue weighted by Gasteiger charge is -2.10. The van der Waals surface area contributed by atoms with E-state index >= 15 is 0 Å². The third kappa shape index (κ3) is 5.17. The fourth-order valence-corrected chi connectivity index (χ4v) is 4.01. The van der Waals surface area contributed by atoms with Gasteiger partial charge in [0, 0.05) is 21.2 Å². The van der Waals surface area contributed by atoms with E-state index in [0.717, 1.165) is 16.6 Å². The summed E-state index contributed by atoms with van der Waals surface area (Å²) < 4.78 is 1.16. The van der Waals surface area contributed by atoms with E-state index in [0.29, 0.717) is 0 Å². The highest BCUT2D eigenvalue weighted by molar-refractivity contribution is 9.10. The first-order valence-corrected chi connectivity index (χ1v) is 8.96. The zero-order valence-corrected chi connectivity index (χ0v) is 15.2. The summed E-state index contributed by atoms with van der Waals surface area (Å²) >= 11 is 5.53. The van der Waals surface area contributed by atoms with Crippen LogP contribution in [0.2, 0.25) is 0 Å². The minimum Gasteiger partial charge on any atom is -0.328 e. The molecule has 0 aliphatic rings. The van der Waals surface area contributed by atoms with Crippen LogP contribution in [0.25, 0.3) is 0 Å². The van der Waals surface area contributed by atoms with Crippen LogP contribution in [-0.2, 0) is 12.2 Å². The zero-order valence-electron chi connectivity index (χ0n) is 12.8. The molecule has 0 aromatic heterocycles. The van der Waals surface area contributed by atoms with Crippen molar-refractivity contribution in [2.24, 2.45) is 5.73 Å². The van der Waals surface area contributed by atoms with Gasteiger partial charge in [-0.05, 0) is 50.5 Å². The van der Waals surface area contributed by atoms with Crippen LogP contribution < -0.4 is 5.73 Å². The van der Waals surface area contributed by atoms with Gasteiger partial charge >= 0.3 is 0 Å². The molecule has 0 aliphatic heterocycles. The van der Waals surface area contributed by atoms with Gasteiger partial charge in [-0.15, -0.1) is 11.8 Å². The van der Waals surface area contributed by atoms with Crippen molar-refractivity contribution in [3.63, 3.8) is 0 Å². The zero-order chi connectivity index (χ0) is 15.4. The average molecular weight is 364 g/mol. The minimum atomic E-state index is 0.190. The molecule has 0 radical (unpaired) electrons. The normalized spacial score (nSPS) is 12.4. The topological polar surface area (TPSA) is 26.0 Å². The maximum absolute atomic E-state index is 5.87. The van der Waals surface area contributed by atoms with Crippen molar-refractivity contribution in [3.05, 3.63) is 63.1 Å². The number of nitrogens with two attached hydrogens (primary N) is 1. The minimum absolute atomic E-state index is 0.190. The molecule has 2 N–H and O–H groups in total. The van der Waals surface area contributed by atoms with E-state index < -0.39 is 0 Å². The molecule has 0 bridgehead atoms. The van der Waals surface area contributed by atoms with Crippen LogP contribution in [0.1, 0.15) is 29.2 Å². The molecule has 112 valence electrons. The molecule has 1 nitrogen and oxygen atoms in total. The first kappa shape index (κ1) is 16.6. The number of thioether (sulfide) groups is 1. The van der Waals surface area contributed by atoms with Crippen molar-refractivity contribution >= 4 is 27.7 Å². The van der Waals surface area contributed by atoms with E-state index in [2.05, 4.69) is 66.2 Å². The van der Waals surface area contributed by atoms with Crippen LogP contribution in [-0.4, -0.2) is 6.04 Å². The van der Waals surface area contributed by atoms with Gasteiger partial charge < -0.3 is 5.73 Å². The third-order valence-electron chi connectivity index (χ3n) is 3.25. The predicted molar refractivity (Wildman–Crippen MR) is 97.0 cm³/mol. The smallest absolute Gasteiger partial charge is 0.0232 e. The van der Waals surface area contributed by atoms with Crippen LogP contribution in [0.15, 0.2) is 45.8 Å². The standard InChI is InChI=1S/C18H22BrNS/c1-12-6-13(2)8-15(7-12)11-21-17-5-4-16(9-14(3)20)18(19)10-17/h4-8,10,14H,9,11,20H2,1-3H3. The Bertz CT molecular complexity index is 602. The van der Waals surface area contributed by atoms with Crippen molar-refractivity contribution in [2.75, 3.05) is 0 Å². The number of aryl methyl sites for hydroxylation is 2. The van der Waals surface area contributed by atoms with E-state index in [9.17, 15) is 0 Å². The van der Waals surface area contributed by atoms with Gasteiger partial charge in [0.25, 0.3) is 0 Å². The summed E-state index contributed by atoms with van der Waals surface area (Å²) in [7, 11) is 0. The van der Waals surface area contributed by atoms with E-state index in [4.69, 9.17) is 5.73 Å². The number of rotatable bonds is 5. The van der Waals surface area contributed by atoms with E-state index in [1.807, 2.05) is 18.7 Å². The van der Waals surface area contributed by atoms with Crippen molar-refractivity contribution in [2.45, 2.75) is 43.9 Å². The van der Waals surface area contributed by atoms with Crippen molar-refractivity contribution in [3.8, 4) is 0 Å². The molecule has 2 rings (SSSR count). The maximum atomic E-state index is 5.87. The summed E-state index contributed by atoms with van der Waals surface area (Å²) in [4.78, 5) is 1.29. The van der Waals surface area contributed by atoms with Gasteiger partial charge in [0.2, 0.25) is 0 Å². The van der Waals surface area contributed by atoms with Crippen LogP contribution in [0.4, 0.5) is 0 Å². The largest absolute Gasteiger partial charge is 0.328 e. The molecule has 0 saturated carbocycles. The molecule has 0 fully saturated rings. The molecule has 2 aromatic carbocycles. The fourth-order valence-electron chi connectivity index (χ4n) is 2.45. The predicted octanol–water partition coefficient (Wildman–Crippen LogP) is 5.25. The second-order valence-electron chi connectivity index (χ2n) is 5.72. The second kappa shape index (κ2) is 7.48.